The number of hydrogen-bond donors (Lipinski definition) is 1. The number of rotatable bonds is 4. The molecule has 120 valence electrons. The third kappa shape index (κ3) is 3.25. The first-order valence-electron chi connectivity index (χ1n) is 8.12. The van der Waals surface area contributed by atoms with Crippen molar-refractivity contribution in [2.24, 2.45) is 5.73 Å². The molecule has 0 atom stereocenters. The largest absolute Gasteiger partial charge is 0.497 e. The summed E-state index contributed by atoms with van der Waals surface area (Å²) in [6.07, 6.45) is 3.54. The summed E-state index contributed by atoms with van der Waals surface area (Å²) < 4.78 is 5.31. The minimum atomic E-state index is 0.217. The molecule has 2 heterocycles. The topological polar surface area (TPSA) is 58.8 Å². The number of fused-ring (bicyclic) bond motifs is 1. The number of piperidine rings is 1. The van der Waals surface area contributed by atoms with Crippen LogP contribution in [0, 0.1) is 0 Å². The van der Waals surface area contributed by atoms with Crippen LogP contribution in [0.1, 0.15) is 24.8 Å². The van der Waals surface area contributed by atoms with Crippen LogP contribution in [0.5, 0.6) is 5.75 Å². The molecule has 0 spiro atoms. The van der Waals surface area contributed by atoms with Gasteiger partial charge in [0.1, 0.15) is 5.75 Å². The van der Waals surface area contributed by atoms with E-state index < -0.39 is 0 Å². The number of ether oxygens (including phenoxy) is 1. The zero-order valence-electron chi connectivity index (χ0n) is 13.3. The molecule has 5 nitrogen and oxygen atoms in total. The Hall–Kier alpha value is -1.59. The van der Waals surface area contributed by atoms with Crippen molar-refractivity contribution in [3.05, 3.63) is 23.8 Å². The molecule has 0 bridgehead atoms. The minimum absolute atomic E-state index is 0.217. The molecule has 0 radical (unpaired) electrons. The van der Waals surface area contributed by atoms with Crippen molar-refractivity contribution in [2.45, 2.75) is 31.7 Å². The van der Waals surface area contributed by atoms with E-state index in [2.05, 4.69) is 11.0 Å². The number of amides is 1. The van der Waals surface area contributed by atoms with Crippen molar-refractivity contribution in [2.75, 3.05) is 38.2 Å². The molecule has 0 unspecified atom stereocenters. The van der Waals surface area contributed by atoms with Crippen LogP contribution < -0.4 is 15.4 Å². The number of carbonyl (C=O) groups is 1. The predicted octanol–water partition coefficient (Wildman–Crippen LogP) is 1.40. The van der Waals surface area contributed by atoms with Gasteiger partial charge in [-0.15, -0.1) is 0 Å². The van der Waals surface area contributed by atoms with Gasteiger partial charge in [0.25, 0.3) is 0 Å². The Morgan fingerprint density at radius 3 is 2.73 bits per heavy atom. The van der Waals surface area contributed by atoms with E-state index in [4.69, 9.17) is 10.5 Å². The zero-order valence-corrected chi connectivity index (χ0v) is 13.3. The van der Waals surface area contributed by atoms with Crippen LogP contribution in [-0.2, 0) is 11.2 Å². The van der Waals surface area contributed by atoms with E-state index in [0.717, 1.165) is 56.9 Å². The summed E-state index contributed by atoms with van der Waals surface area (Å²) >= 11 is 0. The second-order valence-corrected chi connectivity index (χ2v) is 6.22. The van der Waals surface area contributed by atoms with Crippen LogP contribution in [-0.4, -0.2) is 50.1 Å². The lowest BCUT2D eigenvalue weighted by Crippen LogP contribution is -2.45. The molecule has 1 aromatic carbocycles. The smallest absolute Gasteiger partial charge is 0.227 e. The Morgan fingerprint density at radius 2 is 2.00 bits per heavy atom. The standard InChI is InChI=1S/C17H25N3O2/c1-22-15-4-2-13-3-5-17(21)20(16(13)12-15)11-10-19-8-6-14(18)7-9-19/h2,4,12,14H,3,5-11,18H2,1H3. The highest BCUT2D eigenvalue weighted by atomic mass is 16.5. The third-order valence-corrected chi connectivity index (χ3v) is 4.76. The van der Waals surface area contributed by atoms with Crippen LogP contribution in [0.15, 0.2) is 18.2 Å². The average Bonchev–Trinajstić information content (AvgIpc) is 2.55. The fourth-order valence-electron chi connectivity index (χ4n) is 3.31. The number of likely N-dealkylation sites (tertiary alicyclic amines) is 1. The lowest BCUT2D eigenvalue weighted by Gasteiger charge is -2.34. The lowest BCUT2D eigenvalue weighted by molar-refractivity contribution is -0.119. The first-order chi connectivity index (χ1) is 10.7. The van der Waals surface area contributed by atoms with Crippen LogP contribution in [0.2, 0.25) is 0 Å². The molecule has 1 saturated heterocycles. The number of aryl methyl sites for hydroxylation is 1. The van der Waals surface area contributed by atoms with Crippen LogP contribution in [0.25, 0.3) is 0 Å². The lowest BCUT2D eigenvalue weighted by atomic mass is 10.0. The quantitative estimate of drug-likeness (QED) is 0.913. The molecule has 0 aliphatic carbocycles. The predicted molar refractivity (Wildman–Crippen MR) is 87.3 cm³/mol. The second kappa shape index (κ2) is 6.67. The molecule has 1 fully saturated rings. The maximum Gasteiger partial charge on any atom is 0.227 e. The van der Waals surface area contributed by atoms with Crippen molar-refractivity contribution >= 4 is 11.6 Å². The summed E-state index contributed by atoms with van der Waals surface area (Å²) in [6, 6.07) is 6.38. The second-order valence-electron chi connectivity index (χ2n) is 6.22. The molecular formula is C17H25N3O2. The van der Waals surface area contributed by atoms with Gasteiger partial charge < -0.3 is 20.3 Å². The summed E-state index contributed by atoms with van der Waals surface area (Å²) in [7, 11) is 1.66. The monoisotopic (exact) mass is 303 g/mol. The van der Waals surface area contributed by atoms with Gasteiger partial charge in [-0.2, -0.15) is 0 Å². The Bertz CT molecular complexity index is 539. The Balaban J connectivity index is 1.69. The van der Waals surface area contributed by atoms with Crippen LogP contribution in [0.4, 0.5) is 5.69 Å². The number of hydrogen-bond acceptors (Lipinski definition) is 4. The molecule has 2 N–H and O–H groups in total. The van der Waals surface area contributed by atoms with Gasteiger partial charge >= 0.3 is 0 Å². The number of benzene rings is 1. The van der Waals surface area contributed by atoms with Crippen LogP contribution >= 0.6 is 0 Å². The molecule has 22 heavy (non-hydrogen) atoms. The minimum Gasteiger partial charge on any atom is -0.497 e. The molecule has 0 aromatic heterocycles. The number of nitrogens with zero attached hydrogens (tertiary/aromatic N) is 2. The van der Waals surface area contributed by atoms with Crippen LogP contribution in [0.3, 0.4) is 0 Å². The van der Waals surface area contributed by atoms with Crippen molar-refractivity contribution in [1.29, 1.82) is 0 Å². The maximum atomic E-state index is 12.3. The van der Waals surface area contributed by atoms with E-state index in [1.165, 1.54) is 5.56 Å². The normalized spacial score (nSPS) is 20.1. The molecule has 3 rings (SSSR count). The van der Waals surface area contributed by atoms with Gasteiger partial charge in [0.15, 0.2) is 0 Å². The van der Waals surface area contributed by atoms with E-state index in [1.54, 1.807) is 7.11 Å². The Labute approximate surface area is 132 Å². The summed E-state index contributed by atoms with van der Waals surface area (Å²) in [5.74, 6) is 1.02. The first-order valence-corrected chi connectivity index (χ1v) is 8.12. The molecule has 1 aromatic rings. The molecule has 0 saturated carbocycles. The van der Waals surface area contributed by atoms with Gasteiger partial charge in [-0.3, -0.25) is 4.79 Å². The molecular weight excluding hydrogens is 278 g/mol. The number of carbonyl (C=O) groups excluding carboxylic acids is 1. The Kier molecular flexibility index (Phi) is 4.64. The number of anilines is 1. The van der Waals surface area contributed by atoms with Gasteiger partial charge in [0.05, 0.1) is 12.8 Å². The molecule has 2 aliphatic heterocycles. The van der Waals surface area contributed by atoms with E-state index in [-0.39, 0.29) is 5.91 Å². The van der Waals surface area contributed by atoms with E-state index in [0.29, 0.717) is 12.5 Å². The third-order valence-electron chi connectivity index (χ3n) is 4.76. The van der Waals surface area contributed by atoms with Gasteiger partial charge in [0, 0.05) is 31.6 Å². The van der Waals surface area contributed by atoms with E-state index in [1.807, 2.05) is 17.0 Å². The summed E-state index contributed by atoms with van der Waals surface area (Å²) in [5, 5.41) is 0. The van der Waals surface area contributed by atoms with Crippen molar-refractivity contribution in [1.82, 2.24) is 4.90 Å². The van der Waals surface area contributed by atoms with Gasteiger partial charge in [-0.1, -0.05) is 6.07 Å². The molecule has 2 aliphatic rings. The van der Waals surface area contributed by atoms with Gasteiger partial charge in [0.2, 0.25) is 5.91 Å². The van der Waals surface area contributed by atoms with E-state index in [9.17, 15) is 4.79 Å². The fourth-order valence-corrected chi connectivity index (χ4v) is 3.31. The Morgan fingerprint density at radius 1 is 1.23 bits per heavy atom. The fraction of sp³-hybridized carbons (Fsp3) is 0.588. The highest BCUT2D eigenvalue weighted by molar-refractivity contribution is 5.96. The highest BCUT2D eigenvalue weighted by Crippen LogP contribution is 2.31. The SMILES string of the molecule is COc1ccc2c(c1)N(CCN1CCC(N)CC1)C(=O)CC2. The maximum absolute atomic E-state index is 12.3. The molecule has 1 amide bonds. The van der Waals surface area contributed by atoms with Gasteiger partial charge in [-0.05, 0) is 44.0 Å². The van der Waals surface area contributed by atoms with E-state index >= 15 is 0 Å². The summed E-state index contributed by atoms with van der Waals surface area (Å²) in [5.41, 5.74) is 8.20. The van der Waals surface area contributed by atoms with Crippen molar-refractivity contribution in [3.8, 4) is 5.75 Å². The number of nitrogens with two attached hydrogens (primary N) is 1. The summed E-state index contributed by atoms with van der Waals surface area (Å²) in [4.78, 5) is 16.7. The zero-order chi connectivity index (χ0) is 15.5. The average molecular weight is 303 g/mol. The molecule has 5 heteroatoms. The van der Waals surface area contributed by atoms with Gasteiger partial charge in [-0.25, -0.2) is 0 Å². The summed E-state index contributed by atoms with van der Waals surface area (Å²) in [6.45, 7) is 3.73. The van der Waals surface area contributed by atoms with Crippen molar-refractivity contribution < 1.29 is 9.53 Å². The first kappa shape index (κ1) is 15.3. The van der Waals surface area contributed by atoms with Crippen molar-refractivity contribution in [3.63, 3.8) is 0 Å². The highest BCUT2D eigenvalue weighted by Gasteiger charge is 2.25. The number of methoxy groups -OCH3 is 1.